The average molecular weight is 431 g/mol. The van der Waals surface area contributed by atoms with Gasteiger partial charge in [0, 0.05) is 47.5 Å². The lowest BCUT2D eigenvalue weighted by molar-refractivity contribution is -0.384. The summed E-state index contributed by atoms with van der Waals surface area (Å²) in [5.74, 6) is 0.335. The summed E-state index contributed by atoms with van der Waals surface area (Å²) < 4.78 is 0. The Morgan fingerprint density at radius 2 is 2.00 bits per heavy atom. The Balaban J connectivity index is 1.36. The van der Waals surface area contributed by atoms with Crippen molar-refractivity contribution in [3.8, 4) is 10.4 Å². The normalized spacial score (nSPS) is 14.9. The van der Waals surface area contributed by atoms with Crippen LogP contribution in [0.15, 0.2) is 42.6 Å². The molecule has 0 spiro atoms. The average Bonchev–Trinajstić information content (AvgIpc) is 3.17. The fraction of sp³-hybridized carbons (Fsp3) is 0.263. The quantitative estimate of drug-likeness (QED) is 0.486. The Hall–Kier alpha value is -2.75. The van der Waals surface area contributed by atoms with Gasteiger partial charge in [0.1, 0.15) is 6.20 Å². The van der Waals surface area contributed by atoms with Crippen LogP contribution in [0, 0.1) is 10.1 Å². The number of aromatic nitrogens is 2. The molecule has 29 heavy (non-hydrogen) atoms. The minimum atomic E-state index is -0.574. The molecule has 10 heteroatoms. The van der Waals surface area contributed by atoms with E-state index in [-0.39, 0.29) is 11.5 Å². The molecule has 1 saturated heterocycles. The van der Waals surface area contributed by atoms with Crippen LogP contribution in [-0.4, -0.2) is 46.0 Å². The molecule has 150 valence electrons. The molecule has 0 radical (unpaired) electrons. The molecule has 1 aromatic carbocycles. The maximum absolute atomic E-state index is 10.9. The lowest BCUT2D eigenvalue weighted by Crippen LogP contribution is -2.46. The molecule has 1 fully saturated rings. The monoisotopic (exact) mass is 430 g/mol. The van der Waals surface area contributed by atoms with Crippen molar-refractivity contribution in [3.63, 3.8) is 0 Å². The maximum Gasteiger partial charge on any atom is 0.329 e. The van der Waals surface area contributed by atoms with E-state index in [1.807, 2.05) is 23.1 Å². The predicted octanol–water partition coefficient (Wildman–Crippen LogP) is 3.67. The van der Waals surface area contributed by atoms with Gasteiger partial charge < -0.3 is 10.6 Å². The standard InChI is InChI=1S/C19H19ClN6O2S/c20-14-3-1-2-13(10-14)17-5-4-15(29-17)12-24-6-8-25(9-7-24)19-22-11-16(26(27)28)18(21)23-19/h1-5,10-11H,6-9,12H2,(H2,21,22,23). The molecular formula is C19H19ClN6O2S. The third kappa shape index (κ3) is 4.47. The highest BCUT2D eigenvalue weighted by Crippen LogP contribution is 2.30. The van der Waals surface area contributed by atoms with Gasteiger partial charge in [0.2, 0.25) is 11.8 Å². The lowest BCUT2D eigenvalue weighted by Gasteiger charge is -2.34. The maximum atomic E-state index is 10.9. The first-order valence-corrected chi connectivity index (χ1v) is 10.3. The van der Waals surface area contributed by atoms with Gasteiger partial charge in [0.05, 0.1) is 4.92 Å². The summed E-state index contributed by atoms with van der Waals surface area (Å²) in [5, 5.41) is 11.6. The zero-order chi connectivity index (χ0) is 20.4. The first-order valence-electron chi connectivity index (χ1n) is 9.08. The molecule has 1 aliphatic rings. The van der Waals surface area contributed by atoms with Crippen LogP contribution in [0.2, 0.25) is 5.02 Å². The fourth-order valence-electron chi connectivity index (χ4n) is 3.26. The van der Waals surface area contributed by atoms with Gasteiger partial charge in [-0.15, -0.1) is 11.3 Å². The summed E-state index contributed by atoms with van der Waals surface area (Å²) in [6.07, 6.45) is 1.17. The van der Waals surface area contributed by atoms with Gasteiger partial charge in [-0.25, -0.2) is 4.98 Å². The first-order chi connectivity index (χ1) is 14.0. The molecule has 0 amide bonds. The Morgan fingerprint density at radius 3 is 2.69 bits per heavy atom. The van der Waals surface area contributed by atoms with Crippen molar-refractivity contribution in [1.29, 1.82) is 0 Å². The van der Waals surface area contributed by atoms with Gasteiger partial charge in [-0.2, -0.15) is 4.98 Å². The number of hydrogen-bond acceptors (Lipinski definition) is 8. The number of nitro groups is 1. The molecule has 0 saturated carbocycles. The molecular weight excluding hydrogens is 412 g/mol. The zero-order valence-corrected chi connectivity index (χ0v) is 17.1. The third-order valence-corrected chi connectivity index (χ3v) is 6.14. The summed E-state index contributed by atoms with van der Waals surface area (Å²) in [5.41, 5.74) is 6.55. The highest BCUT2D eigenvalue weighted by atomic mass is 35.5. The van der Waals surface area contributed by atoms with Crippen molar-refractivity contribution in [1.82, 2.24) is 14.9 Å². The predicted molar refractivity (Wildman–Crippen MR) is 115 cm³/mol. The Labute approximate surface area is 176 Å². The molecule has 0 aliphatic carbocycles. The van der Waals surface area contributed by atoms with Crippen molar-refractivity contribution >= 4 is 40.4 Å². The van der Waals surface area contributed by atoms with E-state index in [0.717, 1.165) is 43.3 Å². The van der Waals surface area contributed by atoms with Gasteiger partial charge in [-0.05, 0) is 29.8 Å². The van der Waals surface area contributed by atoms with Crippen LogP contribution < -0.4 is 10.6 Å². The molecule has 2 N–H and O–H groups in total. The molecule has 3 heterocycles. The number of halogens is 1. The Bertz CT molecular complexity index is 1040. The van der Waals surface area contributed by atoms with E-state index in [9.17, 15) is 10.1 Å². The van der Waals surface area contributed by atoms with Gasteiger partial charge in [0.15, 0.2) is 0 Å². The topological polar surface area (TPSA) is 101 Å². The van der Waals surface area contributed by atoms with Gasteiger partial charge in [-0.1, -0.05) is 23.7 Å². The second-order valence-electron chi connectivity index (χ2n) is 6.74. The van der Waals surface area contributed by atoms with E-state index in [0.29, 0.717) is 5.95 Å². The van der Waals surface area contributed by atoms with Crippen LogP contribution in [0.5, 0.6) is 0 Å². The smallest absolute Gasteiger partial charge is 0.329 e. The number of benzene rings is 1. The van der Waals surface area contributed by atoms with Crippen molar-refractivity contribution in [3.05, 3.63) is 62.6 Å². The third-order valence-electron chi connectivity index (χ3n) is 4.79. The van der Waals surface area contributed by atoms with Crippen molar-refractivity contribution in [2.45, 2.75) is 6.54 Å². The van der Waals surface area contributed by atoms with Gasteiger partial charge in [0.25, 0.3) is 0 Å². The van der Waals surface area contributed by atoms with E-state index in [1.165, 1.54) is 16.0 Å². The summed E-state index contributed by atoms with van der Waals surface area (Å²) in [6, 6.07) is 12.2. The molecule has 2 aromatic heterocycles. The van der Waals surface area contributed by atoms with Crippen molar-refractivity contribution < 1.29 is 4.92 Å². The van der Waals surface area contributed by atoms with Crippen molar-refractivity contribution in [2.24, 2.45) is 0 Å². The number of piperazine rings is 1. The second kappa shape index (κ2) is 8.32. The summed E-state index contributed by atoms with van der Waals surface area (Å²) >= 11 is 7.87. The van der Waals surface area contributed by atoms with E-state index >= 15 is 0 Å². The molecule has 0 bridgehead atoms. The fourth-order valence-corrected chi connectivity index (χ4v) is 4.49. The largest absolute Gasteiger partial charge is 0.378 e. The molecule has 8 nitrogen and oxygen atoms in total. The summed E-state index contributed by atoms with van der Waals surface area (Å²) in [4.78, 5) is 25.4. The number of nitrogen functional groups attached to an aromatic ring is 1. The van der Waals surface area contributed by atoms with E-state index in [4.69, 9.17) is 17.3 Å². The van der Waals surface area contributed by atoms with Gasteiger partial charge >= 0.3 is 5.69 Å². The molecule has 1 aliphatic heterocycles. The molecule has 0 unspecified atom stereocenters. The first kappa shape index (κ1) is 19.6. The number of thiophene rings is 1. The van der Waals surface area contributed by atoms with Crippen LogP contribution >= 0.6 is 22.9 Å². The van der Waals surface area contributed by atoms with Crippen LogP contribution in [0.4, 0.5) is 17.5 Å². The summed E-state index contributed by atoms with van der Waals surface area (Å²) in [7, 11) is 0. The second-order valence-corrected chi connectivity index (χ2v) is 8.34. The number of nitrogens with zero attached hydrogens (tertiary/aromatic N) is 5. The van der Waals surface area contributed by atoms with Crippen molar-refractivity contribution in [2.75, 3.05) is 36.8 Å². The number of hydrogen-bond donors (Lipinski definition) is 1. The number of nitrogens with two attached hydrogens (primary N) is 1. The SMILES string of the molecule is Nc1nc(N2CCN(Cc3ccc(-c4cccc(Cl)c4)s3)CC2)ncc1[N+](=O)[O-]. The number of anilines is 2. The Morgan fingerprint density at radius 1 is 1.21 bits per heavy atom. The molecule has 3 aromatic rings. The molecule has 0 atom stereocenters. The van der Waals surface area contributed by atoms with Crippen LogP contribution in [-0.2, 0) is 6.54 Å². The minimum absolute atomic E-state index is 0.102. The lowest BCUT2D eigenvalue weighted by atomic mass is 10.2. The van der Waals surface area contributed by atoms with E-state index in [1.54, 1.807) is 11.3 Å². The number of rotatable bonds is 5. The van der Waals surface area contributed by atoms with Crippen LogP contribution in [0.3, 0.4) is 0 Å². The Kier molecular flexibility index (Phi) is 5.61. The highest BCUT2D eigenvalue weighted by Gasteiger charge is 2.22. The molecule has 4 rings (SSSR count). The van der Waals surface area contributed by atoms with Gasteiger partial charge in [-0.3, -0.25) is 15.0 Å². The van der Waals surface area contributed by atoms with Crippen LogP contribution in [0.1, 0.15) is 4.88 Å². The highest BCUT2D eigenvalue weighted by molar-refractivity contribution is 7.15. The summed E-state index contributed by atoms with van der Waals surface area (Å²) in [6.45, 7) is 4.06. The van der Waals surface area contributed by atoms with E-state index < -0.39 is 4.92 Å². The minimum Gasteiger partial charge on any atom is -0.378 e. The zero-order valence-electron chi connectivity index (χ0n) is 15.5. The van der Waals surface area contributed by atoms with E-state index in [2.05, 4.69) is 33.1 Å². The van der Waals surface area contributed by atoms with Crippen LogP contribution in [0.25, 0.3) is 10.4 Å².